The van der Waals surface area contributed by atoms with Crippen molar-refractivity contribution in [1.29, 1.82) is 0 Å². The van der Waals surface area contributed by atoms with E-state index in [0.717, 1.165) is 17.7 Å². The summed E-state index contributed by atoms with van der Waals surface area (Å²) >= 11 is 0. The third kappa shape index (κ3) is 7.26. The number of nitrogens with zero attached hydrogens (tertiary/aromatic N) is 1. The highest BCUT2D eigenvalue weighted by molar-refractivity contribution is 7.91. The zero-order valence-corrected chi connectivity index (χ0v) is 24.7. The summed E-state index contributed by atoms with van der Waals surface area (Å²) in [6, 6.07) is 20.1. The summed E-state index contributed by atoms with van der Waals surface area (Å²) in [6.07, 6.45) is 5.09. The summed E-state index contributed by atoms with van der Waals surface area (Å²) in [5, 5.41) is 15.3. The Morgan fingerprint density at radius 3 is 2.42 bits per heavy atom. The van der Waals surface area contributed by atoms with Crippen LogP contribution in [0.3, 0.4) is 0 Å². The normalized spacial score (nSPS) is 11.3. The summed E-state index contributed by atoms with van der Waals surface area (Å²) in [7, 11) is -2.47. The molecule has 0 aliphatic heterocycles. The molecule has 0 atom stereocenters. The Bertz CT molecular complexity index is 1770. The van der Waals surface area contributed by atoms with Crippen molar-refractivity contribution in [1.82, 2.24) is 10.5 Å². The predicted molar refractivity (Wildman–Crippen MR) is 164 cm³/mol. The van der Waals surface area contributed by atoms with Crippen molar-refractivity contribution < 1.29 is 28.0 Å². The molecule has 0 spiro atoms. The summed E-state index contributed by atoms with van der Waals surface area (Å²) in [4.78, 5) is 29.4. The number of sulfone groups is 1. The molecule has 0 unspecified atom stereocenters. The second kappa shape index (κ2) is 13.8. The van der Waals surface area contributed by atoms with Crippen molar-refractivity contribution in [3.8, 4) is 5.75 Å². The summed E-state index contributed by atoms with van der Waals surface area (Å²) in [6.45, 7) is 3.77. The first-order chi connectivity index (χ1) is 20.7. The zero-order valence-electron chi connectivity index (χ0n) is 23.9. The van der Waals surface area contributed by atoms with Gasteiger partial charge in [0, 0.05) is 30.1 Å². The smallest absolute Gasteiger partial charge is 0.276 e. The second-order valence-corrected chi connectivity index (χ2v) is 11.4. The first-order valence-electron chi connectivity index (χ1n) is 13.4. The number of carbonyl (C=O) groups excluding carboxylic acids is 2. The largest absolute Gasteiger partial charge is 0.497 e. The van der Waals surface area contributed by atoms with Crippen molar-refractivity contribution >= 4 is 39.1 Å². The van der Waals surface area contributed by atoms with E-state index in [9.17, 15) is 23.2 Å². The van der Waals surface area contributed by atoms with Gasteiger partial charge in [-0.1, -0.05) is 31.2 Å². The van der Waals surface area contributed by atoms with Gasteiger partial charge in [-0.25, -0.2) is 18.9 Å². The minimum atomic E-state index is -3.96. The van der Waals surface area contributed by atoms with Crippen molar-refractivity contribution in [3.63, 3.8) is 0 Å². The molecule has 0 aliphatic carbocycles. The lowest BCUT2D eigenvalue weighted by Crippen LogP contribution is -2.21. The van der Waals surface area contributed by atoms with E-state index in [4.69, 9.17) is 4.74 Å². The van der Waals surface area contributed by atoms with Crippen LogP contribution in [0.5, 0.6) is 5.75 Å². The number of methoxy groups -OCH3 is 1. The van der Waals surface area contributed by atoms with Gasteiger partial charge in [-0.2, -0.15) is 0 Å². The van der Waals surface area contributed by atoms with Gasteiger partial charge in [-0.15, -0.1) is 0 Å². The lowest BCUT2D eigenvalue weighted by molar-refractivity contribution is -0.111. The molecule has 11 heteroatoms. The Hall–Kier alpha value is -5.00. The number of amides is 2. The Morgan fingerprint density at radius 1 is 1.00 bits per heavy atom. The lowest BCUT2D eigenvalue weighted by Gasteiger charge is -2.16. The number of hydrogen-bond donors (Lipinski definition) is 4. The minimum absolute atomic E-state index is 0.0134. The molecule has 10 nitrogen and oxygen atoms in total. The zero-order chi connectivity index (χ0) is 31.0. The van der Waals surface area contributed by atoms with Gasteiger partial charge in [-0.05, 0) is 84.6 Å². The predicted octanol–water partition coefficient (Wildman–Crippen LogP) is 5.18. The molecule has 3 aromatic carbocycles. The first-order valence-corrected chi connectivity index (χ1v) is 14.9. The molecule has 0 radical (unpaired) electrons. The van der Waals surface area contributed by atoms with E-state index in [0.29, 0.717) is 28.1 Å². The highest BCUT2D eigenvalue weighted by Crippen LogP contribution is 2.28. The van der Waals surface area contributed by atoms with Gasteiger partial charge >= 0.3 is 0 Å². The van der Waals surface area contributed by atoms with E-state index < -0.39 is 15.7 Å². The molecule has 222 valence electrons. The highest BCUT2D eigenvalue weighted by Gasteiger charge is 2.23. The van der Waals surface area contributed by atoms with Crippen LogP contribution in [-0.4, -0.2) is 37.5 Å². The quantitative estimate of drug-likeness (QED) is 0.105. The van der Waals surface area contributed by atoms with Crippen LogP contribution < -0.4 is 20.9 Å². The van der Waals surface area contributed by atoms with Crippen LogP contribution in [0.1, 0.15) is 39.5 Å². The number of para-hydroxylation sites is 1. The lowest BCUT2D eigenvalue weighted by atomic mass is 10.0. The second-order valence-electron chi connectivity index (χ2n) is 9.53. The SMILES string of the molecule is CCc1ccccc1NC(=O)C=Cc1cc(C)c(NCc2cccnc2S(=O)(=O)c2ccc(OC)cc2)c(C(=O)NO)c1. The van der Waals surface area contributed by atoms with Gasteiger partial charge in [0.25, 0.3) is 5.91 Å². The third-order valence-corrected chi connectivity index (χ3v) is 8.49. The number of pyridine rings is 1. The molecule has 0 fully saturated rings. The molecule has 4 aromatic rings. The first kappa shape index (κ1) is 30.9. The number of aryl methyl sites for hydroxylation is 2. The Kier molecular flexibility index (Phi) is 9.91. The summed E-state index contributed by atoms with van der Waals surface area (Å²) in [5.74, 6) is -0.594. The van der Waals surface area contributed by atoms with Gasteiger partial charge < -0.3 is 15.4 Å². The van der Waals surface area contributed by atoms with E-state index in [1.54, 1.807) is 48.8 Å². The van der Waals surface area contributed by atoms with E-state index >= 15 is 0 Å². The number of nitrogens with one attached hydrogen (secondary N) is 3. The molecule has 0 bridgehead atoms. The third-order valence-electron chi connectivity index (χ3n) is 6.72. The van der Waals surface area contributed by atoms with E-state index in [1.807, 2.05) is 31.2 Å². The average Bonchev–Trinajstić information content (AvgIpc) is 3.03. The van der Waals surface area contributed by atoms with Crippen LogP contribution in [0.25, 0.3) is 6.08 Å². The number of rotatable bonds is 11. The standard InChI is InChI=1S/C32H32N4O6S/c1-4-23-8-5-6-10-28(23)35-29(37)16-11-22-18-21(2)30(27(19-22)31(38)36-39)34-20-24-9-7-17-33-32(24)43(40,41)26-14-12-25(42-3)13-15-26/h5-19,34,39H,4,20H2,1-3H3,(H,35,37)(H,36,38). The van der Waals surface area contributed by atoms with Crippen LogP contribution in [0.2, 0.25) is 0 Å². The molecule has 0 aliphatic rings. The molecular formula is C32H32N4O6S. The number of aromatic nitrogens is 1. The molecule has 0 saturated carbocycles. The minimum Gasteiger partial charge on any atom is -0.497 e. The summed E-state index contributed by atoms with van der Waals surface area (Å²) < 4.78 is 31.9. The maximum absolute atomic E-state index is 13.4. The van der Waals surface area contributed by atoms with Gasteiger partial charge in [-0.3, -0.25) is 14.8 Å². The fraction of sp³-hybridized carbons (Fsp3) is 0.156. The number of benzene rings is 3. The van der Waals surface area contributed by atoms with Crippen molar-refractivity contribution in [2.24, 2.45) is 0 Å². The maximum atomic E-state index is 13.4. The number of hydrogen-bond acceptors (Lipinski definition) is 8. The number of carbonyl (C=O) groups is 2. The Labute approximate surface area is 250 Å². The average molecular weight is 601 g/mol. The van der Waals surface area contributed by atoms with Crippen molar-refractivity contribution in [2.45, 2.75) is 36.7 Å². The molecule has 0 saturated heterocycles. The van der Waals surface area contributed by atoms with Gasteiger partial charge in [0.2, 0.25) is 15.7 Å². The van der Waals surface area contributed by atoms with Crippen LogP contribution in [-0.2, 0) is 27.6 Å². The fourth-order valence-electron chi connectivity index (χ4n) is 4.53. The molecule has 2 amide bonds. The highest BCUT2D eigenvalue weighted by atomic mass is 32.2. The fourth-order valence-corrected chi connectivity index (χ4v) is 5.94. The monoisotopic (exact) mass is 600 g/mol. The maximum Gasteiger partial charge on any atom is 0.276 e. The molecule has 4 rings (SSSR count). The number of ether oxygens (including phenoxy) is 1. The van der Waals surface area contributed by atoms with Crippen LogP contribution in [0, 0.1) is 6.92 Å². The van der Waals surface area contributed by atoms with E-state index in [-0.39, 0.29) is 27.9 Å². The topological polar surface area (TPSA) is 147 Å². The molecular weight excluding hydrogens is 568 g/mol. The molecule has 4 N–H and O–H groups in total. The summed E-state index contributed by atoms with van der Waals surface area (Å²) in [5.41, 5.74) is 5.40. The molecule has 1 heterocycles. The molecule has 43 heavy (non-hydrogen) atoms. The number of anilines is 2. The van der Waals surface area contributed by atoms with Gasteiger partial charge in [0.1, 0.15) is 5.75 Å². The van der Waals surface area contributed by atoms with E-state index in [1.165, 1.54) is 37.6 Å². The van der Waals surface area contributed by atoms with Crippen molar-refractivity contribution in [3.05, 3.63) is 113 Å². The number of hydroxylamine groups is 1. The Balaban J connectivity index is 1.58. The van der Waals surface area contributed by atoms with Gasteiger partial charge in [0.05, 0.1) is 23.3 Å². The Morgan fingerprint density at radius 2 is 1.72 bits per heavy atom. The van der Waals surface area contributed by atoms with Crippen LogP contribution in [0.15, 0.2) is 95.0 Å². The van der Waals surface area contributed by atoms with Crippen LogP contribution in [0.4, 0.5) is 11.4 Å². The van der Waals surface area contributed by atoms with E-state index in [2.05, 4.69) is 15.6 Å². The van der Waals surface area contributed by atoms with Crippen LogP contribution >= 0.6 is 0 Å². The van der Waals surface area contributed by atoms with Crippen molar-refractivity contribution in [2.75, 3.05) is 17.7 Å². The van der Waals surface area contributed by atoms with Gasteiger partial charge in [0.15, 0.2) is 5.03 Å². The molecule has 1 aromatic heterocycles.